The molecule has 0 aliphatic rings. The summed E-state index contributed by atoms with van der Waals surface area (Å²) in [6.07, 6.45) is 5.10. The lowest BCUT2D eigenvalue weighted by atomic mass is 10.1. The third-order valence-electron chi connectivity index (χ3n) is 2.67. The van der Waals surface area contributed by atoms with Crippen LogP contribution in [-0.4, -0.2) is 9.97 Å². The number of hydrogen-bond donors (Lipinski definition) is 0. The van der Waals surface area contributed by atoms with E-state index in [9.17, 15) is 0 Å². The first-order valence-electron chi connectivity index (χ1n) is 5.21. The van der Waals surface area contributed by atoms with Gasteiger partial charge in [0.05, 0.1) is 5.02 Å². The molecule has 0 radical (unpaired) electrons. The maximum atomic E-state index is 5.89. The summed E-state index contributed by atoms with van der Waals surface area (Å²) < 4.78 is 5.79. The summed E-state index contributed by atoms with van der Waals surface area (Å²) >= 11 is 5.89. The van der Waals surface area contributed by atoms with Crippen LogP contribution >= 0.6 is 11.6 Å². The van der Waals surface area contributed by atoms with Gasteiger partial charge in [-0.15, -0.1) is 0 Å². The standard InChI is InChI=1S/C13H9ClN2O/c1-8-12-11(6-10(14)7-16-12)17-13(8)9-2-4-15-5-3-9/h2-7H,1H3. The molecule has 3 rings (SSSR count). The van der Waals surface area contributed by atoms with E-state index in [2.05, 4.69) is 9.97 Å². The van der Waals surface area contributed by atoms with Crippen molar-refractivity contribution in [3.05, 3.63) is 47.4 Å². The van der Waals surface area contributed by atoms with Gasteiger partial charge in [0.15, 0.2) is 5.58 Å². The van der Waals surface area contributed by atoms with Crippen molar-refractivity contribution >= 4 is 22.7 Å². The van der Waals surface area contributed by atoms with Crippen LogP contribution in [0.3, 0.4) is 0 Å². The number of furan rings is 1. The van der Waals surface area contributed by atoms with Gasteiger partial charge < -0.3 is 4.42 Å². The van der Waals surface area contributed by atoms with E-state index in [0.29, 0.717) is 10.6 Å². The molecule has 0 atom stereocenters. The summed E-state index contributed by atoms with van der Waals surface area (Å²) in [5.41, 5.74) is 3.57. The van der Waals surface area contributed by atoms with E-state index < -0.39 is 0 Å². The van der Waals surface area contributed by atoms with E-state index in [-0.39, 0.29) is 0 Å². The molecule has 4 heteroatoms. The van der Waals surface area contributed by atoms with Crippen molar-refractivity contribution in [2.24, 2.45) is 0 Å². The predicted molar refractivity (Wildman–Crippen MR) is 67.0 cm³/mol. The van der Waals surface area contributed by atoms with Crippen LogP contribution in [0.4, 0.5) is 0 Å². The summed E-state index contributed by atoms with van der Waals surface area (Å²) in [5.74, 6) is 0.817. The highest BCUT2D eigenvalue weighted by molar-refractivity contribution is 6.31. The topological polar surface area (TPSA) is 38.9 Å². The molecule has 0 spiro atoms. The average molecular weight is 245 g/mol. The maximum absolute atomic E-state index is 5.89. The quantitative estimate of drug-likeness (QED) is 0.653. The Morgan fingerprint density at radius 2 is 2.00 bits per heavy atom. The first-order chi connectivity index (χ1) is 8.25. The number of aromatic nitrogens is 2. The van der Waals surface area contributed by atoms with Crippen LogP contribution in [-0.2, 0) is 0 Å². The summed E-state index contributed by atoms with van der Waals surface area (Å²) in [6.45, 7) is 1.99. The van der Waals surface area contributed by atoms with Gasteiger partial charge in [-0.3, -0.25) is 9.97 Å². The Morgan fingerprint density at radius 3 is 2.76 bits per heavy atom. The van der Waals surface area contributed by atoms with Crippen molar-refractivity contribution < 1.29 is 4.42 Å². The zero-order valence-corrected chi connectivity index (χ0v) is 9.90. The third kappa shape index (κ3) is 1.68. The number of pyridine rings is 2. The average Bonchev–Trinajstić information content (AvgIpc) is 2.67. The normalized spacial score (nSPS) is 10.9. The molecule has 0 fully saturated rings. The van der Waals surface area contributed by atoms with Gasteiger partial charge in [-0.25, -0.2) is 0 Å². The van der Waals surface area contributed by atoms with E-state index in [0.717, 1.165) is 22.4 Å². The molecule has 84 valence electrons. The van der Waals surface area contributed by atoms with Gasteiger partial charge in [-0.1, -0.05) is 11.6 Å². The van der Waals surface area contributed by atoms with E-state index in [1.54, 1.807) is 24.7 Å². The van der Waals surface area contributed by atoms with E-state index in [1.165, 1.54) is 0 Å². The molecule has 3 aromatic rings. The monoisotopic (exact) mass is 244 g/mol. The summed E-state index contributed by atoms with van der Waals surface area (Å²) in [4.78, 5) is 8.28. The Labute approximate surface area is 103 Å². The minimum atomic E-state index is 0.576. The van der Waals surface area contributed by atoms with Crippen LogP contribution < -0.4 is 0 Å². The number of rotatable bonds is 1. The molecule has 0 bridgehead atoms. The molecule has 0 amide bonds. The Hall–Kier alpha value is -1.87. The molecular weight excluding hydrogens is 236 g/mol. The maximum Gasteiger partial charge on any atom is 0.155 e. The van der Waals surface area contributed by atoms with Gasteiger partial charge in [-0.2, -0.15) is 0 Å². The molecular formula is C13H9ClN2O. The van der Waals surface area contributed by atoms with Crippen molar-refractivity contribution in [2.45, 2.75) is 6.92 Å². The minimum absolute atomic E-state index is 0.576. The fourth-order valence-corrected chi connectivity index (χ4v) is 2.00. The van der Waals surface area contributed by atoms with Gasteiger partial charge in [-0.05, 0) is 19.1 Å². The third-order valence-corrected chi connectivity index (χ3v) is 2.88. The molecule has 17 heavy (non-hydrogen) atoms. The Balaban J connectivity index is 2.28. The molecule has 3 aromatic heterocycles. The Bertz CT molecular complexity index is 676. The molecule has 3 heterocycles. The molecule has 0 aromatic carbocycles. The van der Waals surface area contributed by atoms with Gasteiger partial charge >= 0.3 is 0 Å². The molecule has 0 saturated heterocycles. The van der Waals surface area contributed by atoms with E-state index >= 15 is 0 Å². The second-order valence-electron chi connectivity index (χ2n) is 3.79. The summed E-state index contributed by atoms with van der Waals surface area (Å²) in [6, 6.07) is 5.60. The number of nitrogens with zero attached hydrogens (tertiary/aromatic N) is 2. The molecule has 0 unspecified atom stereocenters. The van der Waals surface area contributed by atoms with Crippen molar-refractivity contribution in [3.8, 4) is 11.3 Å². The lowest BCUT2D eigenvalue weighted by Crippen LogP contribution is -1.79. The van der Waals surface area contributed by atoms with E-state index in [1.807, 2.05) is 19.1 Å². The highest BCUT2D eigenvalue weighted by atomic mass is 35.5. The van der Waals surface area contributed by atoms with Crippen LogP contribution in [0.2, 0.25) is 5.02 Å². The molecule has 0 aliphatic carbocycles. The minimum Gasteiger partial charge on any atom is -0.454 e. The molecule has 0 aliphatic heterocycles. The van der Waals surface area contributed by atoms with Crippen LogP contribution in [0.1, 0.15) is 5.56 Å². The van der Waals surface area contributed by atoms with Gasteiger partial charge in [0.25, 0.3) is 0 Å². The Morgan fingerprint density at radius 1 is 1.24 bits per heavy atom. The first kappa shape index (κ1) is 10.3. The van der Waals surface area contributed by atoms with Crippen LogP contribution in [0, 0.1) is 6.92 Å². The summed E-state index contributed by atoms with van der Waals surface area (Å²) in [7, 11) is 0. The van der Waals surface area contributed by atoms with E-state index in [4.69, 9.17) is 16.0 Å². The zero-order valence-electron chi connectivity index (χ0n) is 9.14. The smallest absolute Gasteiger partial charge is 0.155 e. The predicted octanol–water partition coefficient (Wildman–Crippen LogP) is 3.85. The summed E-state index contributed by atoms with van der Waals surface area (Å²) in [5, 5.41) is 0.576. The van der Waals surface area contributed by atoms with Gasteiger partial charge in [0.1, 0.15) is 11.3 Å². The van der Waals surface area contributed by atoms with Crippen LogP contribution in [0.15, 0.2) is 41.2 Å². The first-order valence-corrected chi connectivity index (χ1v) is 5.58. The number of aryl methyl sites for hydroxylation is 1. The number of halogens is 1. The number of hydrogen-bond acceptors (Lipinski definition) is 3. The Kier molecular flexibility index (Phi) is 2.34. The lowest BCUT2D eigenvalue weighted by Gasteiger charge is -1.96. The van der Waals surface area contributed by atoms with Crippen LogP contribution in [0.25, 0.3) is 22.4 Å². The molecule has 0 saturated carbocycles. The highest BCUT2D eigenvalue weighted by Gasteiger charge is 2.13. The second-order valence-corrected chi connectivity index (χ2v) is 4.23. The lowest BCUT2D eigenvalue weighted by molar-refractivity contribution is 0.628. The second kappa shape index (κ2) is 3.86. The van der Waals surface area contributed by atoms with Crippen molar-refractivity contribution in [1.29, 1.82) is 0 Å². The van der Waals surface area contributed by atoms with Gasteiger partial charge in [0, 0.05) is 35.8 Å². The SMILES string of the molecule is Cc1c(-c2ccncc2)oc2cc(Cl)cnc12. The van der Waals surface area contributed by atoms with Crippen molar-refractivity contribution in [1.82, 2.24) is 9.97 Å². The van der Waals surface area contributed by atoms with Crippen LogP contribution in [0.5, 0.6) is 0 Å². The number of fused-ring (bicyclic) bond motifs is 1. The van der Waals surface area contributed by atoms with Gasteiger partial charge in [0.2, 0.25) is 0 Å². The molecule has 3 nitrogen and oxygen atoms in total. The molecule has 0 N–H and O–H groups in total. The largest absolute Gasteiger partial charge is 0.454 e. The van der Waals surface area contributed by atoms with Crippen molar-refractivity contribution in [3.63, 3.8) is 0 Å². The highest BCUT2D eigenvalue weighted by Crippen LogP contribution is 2.32. The zero-order chi connectivity index (χ0) is 11.8. The van der Waals surface area contributed by atoms with Crippen molar-refractivity contribution in [2.75, 3.05) is 0 Å². The fraction of sp³-hybridized carbons (Fsp3) is 0.0769. The fourth-order valence-electron chi connectivity index (χ4n) is 1.85.